The molecular formula is C14H17ClN2O. The maximum absolute atomic E-state index is 5.94. The van der Waals surface area contributed by atoms with Crippen LogP contribution in [0, 0.1) is 0 Å². The second kappa shape index (κ2) is 5.29. The molecule has 0 spiro atoms. The lowest BCUT2D eigenvalue weighted by Gasteiger charge is -2.22. The van der Waals surface area contributed by atoms with Crippen molar-refractivity contribution < 1.29 is 4.42 Å². The van der Waals surface area contributed by atoms with Gasteiger partial charge in [-0.05, 0) is 44.0 Å². The number of benzene rings is 1. The highest BCUT2D eigenvalue weighted by atomic mass is 35.5. The Kier molecular flexibility index (Phi) is 3.52. The average Bonchev–Trinajstić information content (AvgIpc) is 2.79. The van der Waals surface area contributed by atoms with Crippen LogP contribution in [0.4, 0.5) is 0 Å². The minimum Gasteiger partial charge on any atom is -0.441 e. The SMILES string of the molecule is Clc1ccc2oc(CCC3CCCCN3)nc2c1. The van der Waals surface area contributed by atoms with Crippen molar-refractivity contribution >= 4 is 22.7 Å². The first-order valence-corrected chi connectivity index (χ1v) is 6.97. The van der Waals surface area contributed by atoms with Gasteiger partial charge in [0.1, 0.15) is 5.52 Å². The molecule has 0 radical (unpaired) electrons. The van der Waals surface area contributed by atoms with Gasteiger partial charge in [0.2, 0.25) is 0 Å². The van der Waals surface area contributed by atoms with Gasteiger partial charge in [-0.15, -0.1) is 0 Å². The Morgan fingerprint density at radius 1 is 1.39 bits per heavy atom. The minimum absolute atomic E-state index is 0.623. The van der Waals surface area contributed by atoms with Crippen molar-refractivity contribution in [3.63, 3.8) is 0 Å². The highest BCUT2D eigenvalue weighted by molar-refractivity contribution is 6.31. The minimum atomic E-state index is 0.623. The van der Waals surface area contributed by atoms with Crippen molar-refractivity contribution in [3.8, 4) is 0 Å². The molecule has 96 valence electrons. The number of hydrogen-bond acceptors (Lipinski definition) is 3. The van der Waals surface area contributed by atoms with Crippen molar-refractivity contribution in [3.05, 3.63) is 29.1 Å². The molecule has 1 aromatic heterocycles. The third kappa shape index (κ3) is 2.68. The van der Waals surface area contributed by atoms with Crippen LogP contribution in [0.1, 0.15) is 31.6 Å². The molecule has 2 heterocycles. The van der Waals surface area contributed by atoms with Crippen molar-refractivity contribution in [2.24, 2.45) is 0 Å². The summed E-state index contributed by atoms with van der Waals surface area (Å²) in [4.78, 5) is 4.48. The Morgan fingerprint density at radius 2 is 2.33 bits per heavy atom. The van der Waals surface area contributed by atoms with E-state index in [2.05, 4.69) is 10.3 Å². The number of rotatable bonds is 3. The van der Waals surface area contributed by atoms with Gasteiger partial charge in [-0.1, -0.05) is 18.0 Å². The van der Waals surface area contributed by atoms with Crippen LogP contribution in [0.25, 0.3) is 11.1 Å². The first-order valence-electron chi connectivity index (χ1n) is 6.59. The van der Waals surface area contributed by atoms with E-state index in [0.29, 0.717) is 11.1 Å². The van der Waals surface area contributed by atoms with Crippen LogP contribution in [0.15, 0.2) is 22.6 Å². The lowest BCUT2D eigenvalue weighted by molar-refractivity contribution is 0.371. The lowest BCUT2D eigenvalue weighted by Crippen LogP contribution is -2.34. The molecule has 1 fully saturated rings. The van der Waals surface area contributed by atoms with Gasteiger partial charge in [0.15, 0.2) is 11.5 Å². The Bertz CT molecular complexity index is 532. The molecule has 1 aliphatic heterocycles. The fraction of sp³-hybridized carbons (Fsp3) is 0.500. The van der Waals surface area contributed by atoms with Crippen LogP contribution in [-0.4, -0.2) is 17.6 Å². The van der Waals surface area contributed by atoms with Gasteiger partial charge in [-0.2, -0.15) is 0 Å². The molecule has 1 N–H and O–H groups in total. The maximum atomic E-state index is 5.94. The molecule has 1 aliphatic rings. The topological polar surface area (TPSA) is 38.1 Å². The van der Waals surface area contributed by atoms with Crippen LogP contribution in [0.2, 0.25) is 5.02 Å². The number of oxazole rings is 1. The number of aromatic nitrogens is 1. The van der Waals surface area contributed by atoms with E-state index in [1.54, 1.807) is 0 Å². The molecule has 1 saturated heterocycles. The Morgan fingerprint density at radius 3 is 3.17 bits per heavy atom. The largest absolute Gasteiger partial charge is 0.441 e. The lowest BCUT2D eigenvalue weighted by atomic mass is 10.0. The first kappa shape index (κ1) is 12.0. The Hall–Kier alpha value is -1.06. The summed E-state index contributed by atoms with van der Waals surface area (Å²) in [6.07, 6.45) is 5.90. The van der Waals surface area contributed by atoms with E-state index in [9.17, 15) is 0 Å². The average molecular weight is 265 g/mol. The van der Waals surface area contributed by atoms with Gasteiger partial charge >= 0.3 is 0 Å². The summed E-state index contributed by atoms with van der Waals surface area (Å²) >= 11 is 5.94. The van der Waals surface area contributed by atoms with Crippen LogP contribution < -0.4 is 5.32 Å². The number of halogens is 1. The molecule has 3 nitrogen and oxygen atoms in total. The van der Waals surface area contributed by atoms with Crippen molar-refractivity contribution in [2.45, 2.75) is 38.1 Å². The maximum Gasteiger partial charge on any atom is 0.195 e. The summed E-state index contributed by atoms with van der Waals surface area (Å²) < 4.78 is 5.72. The van der Waals surface area contributed by atoms with Gasteiger partial charge in [-0.3, -0.25) is 0 Å². The highest BCUT2D eigenvalue weighted by Gasteiger charge is 2.14. The zero-order valence-corrected chi connectivity index (χ0v) is 11.0. The summed E-state index contributed by atoms with van der Waals surface area (Å²) in [6, 6.07) is 6.19. The highest BCUT2D eigenvalue weighted by Crippen LogP contribution is 2.21. The normalized spacial score (nSPS) is 20.4. The molecule has 0 amide bonds. The quantitative estimate of drug-likeness (QED) is 0.921. The fourth-order valence-electron chi connectivity index (χ4n) is 2.52. The summed E-state index contributed by atoms with van der Waals surface area (Å²) in [5.74, 6) is 0.819. The Balaban J connectivity index is 1.67. The summed E-state index contributed by atoms with van der Waals surface area (Å²) in [5, 5.41) is 4.25. The Labute approximate surface area is 112 Å². The van der Waals surface area contributed by atoms with Crippen molar-refractivity contribution in [1.82, 2.24) is 10.3 Å². The molecule has 2 aromatic rings. The third-order valence-corrected chi connectivity index (χ3v) is 3.75. The van der Waals surface area contributed by atoms with E-state index in [1.807, 2.05) is 18.2 Å². The van der Waals surface area contributed by atoms with Crippen LogP contribution in [-0.2, 0) is 6.42 Å². The molecule has 1 aromatic carbocycles. The monoisotopic (exact) mass is 264 g/mol. The number of nitrogens with one attached hydrogen (secondary N) is 1. The molecule has 3 rings (SSSR count). The van der Waals surface area contributed by atoms with E-state index in [-0.39, 0.29) is 0 Å². The third-order valence-electron chi connectivity index (χ3n) is 3.51. The predicted octanol–water partition coefficient (Wildman–Crippen LogP) is 3.56. The number of fused-ring (bicyclic) bond motifs is 1. The number of aryl methyl sites for hydroxylation is 1. The van der Waals surface area contributed by atoms with Crippen LogP contribution in [0.5, 0.6) is 0 Å². The number of piperidine rings is 1. The molecule has 18 heavy (non-hydrogen) atoms. The smallest absolute Gasteiger partial charge is 0.195 e. The first-order chi connectivity index (χ1) is 8.81. The van der Waals surface area contributed by atoms with E-state index in [1.165, 1.54) is 19.3 Å². The molecule has 0 bridgehead atoms. The molecule has 0 aliphatic carbocycles. The molecule has 0 saturated carbocycles. The predicted molar refractivity (Wildman–Crippen MR) is 73.0 cm³/mol. The van der Waals surface area contributed by atoms with Crippen LogP contribution >= 0.6 is 11.6 Å². The molecule has 4 heteroatoms. The van der Waals surface area contributed by atoms with E-state index >= 15 is 0 Å². The second-order valence-corrected chi connectivity index (χ2v) is 5.34. The zero-order chi connectivity index (χ0) is 12.4. The van der Waals surface area contributed by atoms with E-state index in [0.717, 1.165) is 36.4 Å². The van der Waals surface area contributed by atoms with Crippen molar-refractivity contribution in [2.75, 3.05) is 6.54 Å². The fourth-order valence-corrected chi connectivity index (χ4v) is 2.69. The van der Waals surface area contributed by atoms with Gasteiger partial charge in [-0.25, -0.2) is 4.98 Å². The van der Waals surface area contributed by atoms with E-state index in [4.69, 9.17) is 16.0 Å². The van der Waals surface area contributed by atoms with Crippen molar-refractivity contribution in [1.29, 1.82) is 0 Å². The summed E-state index contributed by atoms with van der Waals surface area (Å²) in [7, 11) is 0. The second-order valence-electron chi connectivity index (χ2n) is 4.91. The van der Waals surface area contributed by atoms with Crippen LogP contribution in [0.3, 0.4) is 0 Å². The van der Waals surface area contributed by atoms with Gasteiger partial charge < -0.3 is 9.73 Å². The molecular weight excluding hydrogens is 248 g/mol. The number of nitrogens with zero attached hydrogens (tertiary/aromatic N) is 1. The zero-order valence-electron chi connectivity index (χ0n) is 10.3. The van der Waals surface area contributed by atoms with Gasteiger partial charge in [0, 0.05) is 17.5 Å². The number of hydrogen-bond donors (Lipinski definition) is 1. The summed E-state index contributed by atoms with van der Waals surface area (Å²) in [6.45, 7) is 1.15. The van der Waals surface area contributed by atoms with Gasteiger partial charge in [0.25, 0.3) is 0 Å². The molecule has 1 atom stereocenters. The van der Waals surface area contributed by atoms with E-state index < -0.39 is 0 Å². The summed E-state index contributed by atoms with van der Waals surface area (Å²) in [5.41, 5.74) is 1.68. The van der Waals surface area contributed by atoms with Gasteiger partial charge in [0.05, 0.1) is 0 Å². The molecule has 1 unspecified atom stereocenters. The standard InChI is InChI=1S/C14H17ClN2O/c15-10-4-6-13-12(9-10)17-14(18-13)7-5-11-3-1-2-8-16-11/h4,6,9,11,16H,1-3,5,7-8H2.